The molecule has 0 aromatic rings. The molecule has 0 heterocycles. The van der Waals surface area contributed by atoms with E-state index in [0.29, 0.717) is 11.8 Å². The lowest BCUT2D eigenvalue weighted by atomic mass is 9.74. The number of aliphatic hydroxyl groups excluding tert-OH is 1. The summed E-state index contributed by atoms with van der Waals surface area (Å²) in [5, 5.41) is 9.48. The van der Waals surface area contributed by atoms with Crippen molar-refractivity contribution in [1.29, 1.82) is 0 Å². The predicted molar refractivity (Wildman–Crippen MR) is 43.1 cm³/mol. The van der Waals surface area contributed by atoms with Crippen LogP contribution in [0.25, 0.3) is 0 Å². The van der Waals surface area contributed by atoms with Gasteiger partial charge < -0.3 is 9.90 Å². The predicted octanol–water partition coefficient (Wildman–Crippen LogP) is 1.23. The quantitative estimate of drug-likeness (QED) is 0.580. The minimum absolute atomic E-state index is 0.119. The van der Waals surface area contributed by atoms with Crippen molar-refractivity contribution in [2.75, 3.05) is 0 Å². The highest BCUT2D eigenvalue weighted by molar-refractivity contribution is 5.55. The fourth-order valence-electron chi connectivity index (χ4n) is 2.06. The zero-order valence-corrected chi connectivity index (χ0v) is 7.16. The van der Waals surface area contributed by atoms with E-state index in [2.05, 4.69) is 6.92 Å². The molecule has 1 fully saturated rings. The van der Waals surface area contributed by atoms with E-state index < -0.39 is 6.10 Å². The molecule has 1 saturated carbocycles. The summed E-state index contributed by atoms with van der Waals surface area (Å²) in [6.45, 7) is 4.17. The summed E-state index contributed by atoms with van der Waals surface area (Å²) in [6, 6.07) is 0. The fourth-order valence-corrected chi connectivity index (χ4v) is 2.06. The van der Waals surface area contributed by atoms with Crippen LogP contribution in [0.1, 0.15) is 26.7 Å². The van der Waals surface area contributed by atoms with E-state index in [9.17, 15) is 9.90 Å². The monoisotopic (exact) mass is 156 g/mol. The van der Waals surface area contributed by atoms with Gasteiger partial charge in [0.25, 0.3) is 0 Å². The summed E-state index contributed by atoms with van der Waals surface area (Å²) >= 11 is 0. The summed E-state index contributed by atoms with van der Waals surface area (Å²) in [7, 11) is 0. The van der Waals surface area contributed by atoms with Gasteiger partial charge >= 0.3 is 0 Å². The van der Waals surface area contributed by atoms with E-state index in [0.717, 1.165) is 19.1 Å². The molecule has 4 atom stereocenters. The van der Waals surface area contributed by atoms with Crippen LogP contribution in [-0.2, 0) is 4.79 Å². The molecule has 1 rings (SSSR count). The Labute approximate surface area is 67.6 Å². The standard InChI is InChI=1S/C9H16O2/c1-6-3-7(2)8(5-10)9(11)4-6/h5-9,11H,3-4H2,1-2H3/t6-,7+,8-,9-/m0/s1. The zero-order chi connectivity index (χ0) is 8.43. The maximum atomic E-state index is 10.5. The molecular formula is C9H16O2. The van der Waals surface area contributed by atoms with Gasteiger partial charge in [-0.05, 0) is 24.7 Å². The van der Waals surface area contributed by atoms with Crippen molar-refractivity contribution in [3.63, 3.8) is 0 Å². The summed E-state index contributed by atoms with van der Waals surface area (Å²) < 4.78 is 0. The summed E-state index contributed by atoms with van der Waals surface area (Å²) in [4.78, 5) is 10.5. The molecule has 1 N–H and O–H groups in total. The van der Waals surface area contributed by atoms with Crippen LogP contribution in [-0.4, -0.2) is 17.5 Å². The molecule has 0 radical (unpaired) electrons. The van der Waals surface area contributed by atoms with Gasteiger partial charge in [0.05, 0.1) is 6.10 Å². The highest BCUT2D eigenvalue weighted by Crippen LogP contribution is 2.32. The number of carbonyl (C=O) groups is 1. The molecule has 0 bridgehead atoms. The van der Waals surface area contributed by atoms with Crippen molar-refractivity contribution < 1.29 is 9.90 Å². The molecule has 0 aromatic heterocycles. The van der Waals surface area contributed by atoms with Crippen LogP contribution < -0.4 is 0 Å². The molecule has 2 heteroatoms. The number of rotatable bonds is 1. The maximum absolute atomic E-state index is 10.5. The summed E-state index contributed by atoms with van der Waals surface area (Å²) in [6.07, 6.45) is 2.36. The van der Waals surface area contributed by atoms with E-state index in [4.69, 9.17) is 0 Å². The molecule has 1 aliphatic carbocycles. The third kappa shape index (κ3) is 1.80. The molecule has 11 heavy (non-hydrogen) atoms. The van der Waals surface area contributed by atoms with Crippen LogP contribution in [0.5, 0.6) is 0 Å². The van der Waals surface area contributed by atoms with Crippen molar-refractivity contribution in [2.45, 2.75) is 32.8 Å². The largest absolute Gasteiger partial charge is 0.392 e. The van der Waals surface area contributed by atoms with Crippen LogP contribution in [0.15, 0.2) is 0 Å². The van der Waals surface area contributed by atoms with Crippen LogP contribution in [0, 0.1) is 17.8 Å². The first kappa shape index (κ1) is 8.72. The number of aldehydes is 1. The van der Waals surface area contributed by atoms with Crippen molar-refractivity contribution in [3.8, 4) is 0 Å². The third-order valence-corrected chi connectivity index (χ3v) is 2.68. The van der Waals surface area contributed by atoms with Crippen LogP contribution >= 0.6 is 0 Å². The molecule has 1 aliphatic rings. The molecule has 0 aliphatic heterocycles. The average molecular weight is 156 g/mol. The van der Waals surface area contributed by atoms with E-state index in [1.807, 2.05) is 6.92 Å². The van der Waals surface area contributed by atoms with E-state index in [1.165, 1.54) is 0 Å². The first-order valence-electron chi connectivity index (χ1n) is 4.28. The van der Waals surface area contributed by atoms with Gasteiger partial charge in [0.15, 0.2) is 0 Å². The number of carbonyl (C=O) groups excluding carboxylic acids is 1. The molecule has 0 amide bonds. The Bertz CT molecular complexity index is 132. The summed E-state index contributed by atoms with van der Waals surface area (Å²) in [5.41, 5.74) is 0. The Morgan fingerprint density at radius 3 is 2.45 bits per heavy atom. The molecule has 0 saturated heterocycles. The van der Waals surface area contributed by atoms with Crippen molar-refractivity contribution >= 4 is 6.29 Å². The number of hydrogen-bond donors (Lipinski definition) is 1. The highest BCUT2D eigenvalue weighted by Gasteiger charge is 2.32. The van der Waals surface area contributed by atoms with Crippen LogP contribution in [0.3, 0.4) is 0 Å². The van der Waals surface area contributed by atoms with Crippen molar-refractivity contribution in [2.24, 2.45) is 17.8 Å². The van der Waals surface area contributed by atoms with Gasteiger partial charge in [0.2, 0.25) is 0 Å². The Morgan fingerprint density at radius 1 is 1.36 bits per heavy atom. The molecule has 0 spiro atoms. The van der Waals surface area contributed by atoms with Crippen LogP contribution in [0.2, 0.25) is 0 Å². The highest BCUT2D eigenvalue weighted by atomic mass is 16.3. The fraction of sp³-hybridized carbons (Fsp3) is 0.889. The first-order valence-corrected chi connectivity index (χ1v) is 4.28. The minimum atomic E-state index is -0.397. The van der Waals surface area contributed by atoms with E-state index >= 15 is 0 Å². The Kier molecular flexibility index (Phi) is 2.66. The van der Waals surface area contributed by atoms with Gasteiger partial charge in [0.1, 0.15) is 6.29 Å². The number of hydrogen-bond acceptors (Lipinski definition) is 2. The lowest BCUT2D eigenvalue weighted by molar-refractivity contribution is -0.118. The molecule has 2 nitrogen and oxygen atoms in total. The zero-order valence-electron chi connectivity index (χ0n) is 7.16. The summed E-state index contributed by atoms with van der Waals surface area (Å²) in [5.74, 6) is 0.800. The van der Waals surface area contributed by atoms with Crippen LogP contribution in [0.4, 0.5) is 0 Å². The molecular weight excluding hydrogens is 140 g/mol. The van der Waals surface area contributed by atoms with Gasteiger partial charge in [-0.15, -0.1) is 0 Å². The molecule has 0 aromatic carbocycles. The van der Waals surface area contributed by atoms with Gasteiger partial charge in [-0.25, -0.2) is 0 Å². The van der Waals surface area contributed by atoms with Crippen molar-refractivity contribution in [3.05, 3.63) is 0 Å². The molecule has 0 unspecified atom stereocenters. The maximum Gasteiger partial charge on any atom is 0.125 e. The lowest BCUT2D eigenvalue weighted by Crippen LogP contribution is -2.35. The third-order valence-electron chi connectivity index (χ3n) is 2.68. The van der Waals surface area contributed by atoms with Gasteiger partial charge in [-0.2, -0.15) is 0 Å². The Hall–Kier alpha value is -0.370. The second kappa shape index (κ2) is 3.35. The van der Waals surface area contributed by atoms with Gasteiger partial charge in [-0.3, -0.25) is 0 Å². The number of aliphatic hydroxyl groups is 1. The Balaban J connectivity index is 2.58. The average Bonchev–Trinajstić information content (AvgIpc) is 1.85. The van der Waals surface area contributed by atoms with Crippen molar-refractivity contribution in [1.82, 2.24) is 0 Å². The van der Waals surface area contributed by atoms with Gasteiger partial charge in [-0.1, -0.05) is 13.8 Å². The molecule has 64 valence electrons. The lowest BCUT2D eigenvalue weighted by Gasteiger charge is -2.33. The first-order chi connectivity index (χ1) is 5.15. The topological polar surface area (TPSA) is 37.3 Å². The Morgan fingerprint density at radius 2 is 2.00 bits per heavy atom. The minimum Gasteiger partial charge on any atom is -0.392 e. The van der Waals surface area contributed by atoms with E-state index in [-0.39, 0.29) is 5.92 Å². The second-order valence-corrected chi connectivity index (χ2v) is 3.83. The SMILES string of the molecule is C[C@H]1C[C@@H](C)[C@H](C=O)[C@@H](O)C1. The second-order valence-electron chi connectivity index (χ2n) is 3.83. The smallest absolute Gasteiger partial charge is 0.125 e. The normalized spacial score (nSPS) is 45.4. The van der Waals surface area contributed by atoms with Gasteiger partial charge in [0, 0.05) is 5.92 Å². The van der Waals surface area contributed by atoms with E-state index in [1.54, 1.807) is 0 Å².